The molecule has 164 valence electrons. The second-order valence-corrected chi connectivity index (χ2v) is 7.92. The van der Waals surface area contributed by atoms with Gasteiger partial charge in [-0.25, -0.2) is 4.98 Å². The van der Waals surface area contributed by atoms with Gasteiger partial charge < -0.3 is 14.0 Å². The third kappa shape index (κ3) is 4.12. The van der Waals surface area contributed by atoms with Gasteiger partial charge in [0.1, 0.15) is 0 Å². The van der Waals surface area contributed by atoms with Crippen molar-refractivity contribution in [2.45, 2.75) is 20.4 Å². The number of fused-ring (bicyclic) bond motifs is 1. The van der Waals surface area contributed by atoms with E-state index in [0.717, 1.165) is 22.6 Å². The lowest BCUT2D eigenvalue weighted by molar-refractivity contribution is -0.385. The first-order valence-corrected chi connectivity index (χ1v) is 10.6. The number of hydrogen-bond acceptors (Lipinski definition) is 7. The van der Waals surface area contributed by atoms with Gasteiger partial charge in [0, 0.05) is 35.0 Å². The number of benzene rings is 1. The van der Waals surface area contributed by atoms with Gasteiger partial charge in [-0.05, 0) is 32.1 Å². The molecule has 1 aliphatic rings. The molecule has 0 aliphatic carbocycles. The van der Waals surface area contributed by atoms with Crippen LogP contribution >= 0.6 is 11.3 Å². The Labute approximate surface area is 187 Å². The van der Waals surface area contributed by atoms with Crippen LogP contribution in [0.3, 0.4) is 0 Å². The van der Waals surface area contributed by atoms with Gasteiger partial charge in [-0.15, -0.1) is 17.9 Å². The summed E-state index contributed by atoms with van der Waals surface area (Å²) in [7, 11) is 0. The maximum Gasteiger partial charge on any atom is 0.280 e. The summed E-state index contributed by atoms with van der Waals surface area (Å²) < 4.78 is 12.6. The Morgan fingerprint density at radius 2 is 2.09 bits per heavy atom. The van der Waals surface area contributed by atoms with Gasteiger partial charge in [0.2, 0.25) is 12.7 Å². The zero-order valence-corrected chi connectivity index (χ0v) is 18.3. The smallest absolute Gasteiger partial charge is 0.280 e. The molecule has 1 amide bonds. The number of nitrogens with one attached hydrogen (secondary N) is 1. The Hall–Kier alpha value is -3.92. The first kappa shape index (κ1) is 21.3. The van der Waals surface area contributed by atoms with Gasteiger partial charge in [-0.2, -0.15) is 0 Å². The molecular formula is C22H20N4O5S. The maximum absolute atomic E-state index is 12.4. The van der Waals surface area contributed by atoms with Crippen molar-refractivity contribution in [3.63, 3.8) is 0 Å². The summed E-state index contributed by atoms with van der Waals surface area (Å²) >= 11 is 1.30. The standard InChI is InChI=1S/C22H20N4O5S/c1-4-7-25-13(2)8-16(14(25)3)17-11-32-22(23-17)24-21(27)6-5-15-9-19-20(31-12-30-19)10-18(15)26(28)29/h4-6,8-11H,1,7,12H2,2-3H3,(H,23,24,27)/b6-5+. The van der Waals surface area contributed by atoms with Crippen LogP contribution in [0.25, 0.3) is 17.3 Å². The minimum Gasteiger partial charge on any atom is -0.454 e. The highest BCUT2D eigenvalue weighted by Crippen LogP contribution is 2.38. The van der Waals surface area contributed by atoms with Crippen LogP contribution in [-0.2, 0) is 11.3 Å². The van der Waals surface area contributed by atoms with Crippen LogP contribution in [0.4, 0.5) is 10.8 Å². The van der Waals surface area contributed by atoms with Crippen molar-refractivity contribution >= 4 is 34.1 Å². The molecule has 9 nitrogen and oxygen atoms in total. The number of nitro benzene ring substituents is 1. The van der Waals surface area contributed by atoms with Crippen LogP contribution < -0.4 is 14.8 Å². The molecule has 0 saturated heterocycles. The lowest BCUT2D eigenvalue weighted by atomic mass is 10.1. The molecular weight excluding hydrogens is 432 g/mol. The number of allylic oxidation sites excluding steroid dienone is 1. The molecule has 0 radical (unpaired) electrons. The van der Waals surface area contributed by atoms with Gasteiger partial charge in [-0.1, -0.05) is 6.08 Å². The van der Waals surface area contributed by atoms with E-state index in [9.17, 15) is 14.9 Å². The number of carbonyl (C=O) groups excluding carboxylic acids is 1. The van der Waals surface area contributed by atoms with Crippen molar-refractivity contribution in [2.75, 3.05) is 12.1 Å². The Morgan fingerprint density at radius 1 is 1.34 bits per heavy atom. The summed E-state index contributed by atoms with van der Waals surface area (Å²) in [5.74, 6) is 0.255. The molecule has 0 saturated carbocycles. The Morgan fingerprint density at radius 3 is 2.81 bits per heavy atom. The first-order valence-electron chi connectivity index (χ1n) is 9.68. The minimum atomic E-state index is -0.532. The zero-order chi connectivity index (χ0) is 22.8. The molecule has 2 aromatic heterocycles. The van der Waals surface area contributed by atoms with Crippen molar-refractivity contribution in [3.05, 3.63) is 69.4 Å². The number of carbonyl (C=O) groups is 1. The van der Waals surface area contributed by atoms with E-state index in [2.05, 4.69) is 27.5 Å². The number of nitro groups is 1. The lowest BCUT2D eigenvalue weighted by Gasteiger charge is -2.05. The highest BCUT2D eigenvalue weighted by atomic mass is 32.1. The van der Waals surface area contributed by atoms with E-state index in [1.165, 1.54) is 35.6 Å². The molecule has 0 unspecified atom stereocenters. The molecule has 3 heterocycles. The fourth-order valence-corrected chi connectivity index (χ4v) is 4.19. The summed E-state index contributed by atoms with van der Waals surface area (Å²) in [6, 6.07) is 4.82. The summed E-state index contributed by atoms with van der Waals surface area (Å²) in [6.07, 6.45) is 4.43. The number of hydrogen-bond donors (Lipinski definition) is 1. The van der Waals surface area contributed by atoms with Gasteiger partial charge in [0.15, 0.2) is 16.6 Å². The molecule has 0 spiro atoms. The molecule has 1 aliphatic heterocycles. The molecule has 0 fully saturated rings. The van der Waals surface area contributed by atoms with Crippen LogP contribution in [0.2, 0.25) is 0 Å². The number of rotatable bonds is 7. The summed E-state index contributed by atoms with van der Waals surface area (Å²) in [6.45, 7) is 8.54. The second-order valence-electron chi connectivity index (χ2n) is 7.07. The van der Waals surface area contributed by atoms with E-state index in [0.29, 0.717) is 23.2 Å². The largest absolute Gasteiger partial charge is 0.454 e. The normalized spacial score (nSPS) is 12.3. The number of thiazole rings is 1. The van der Waals surface area contributed by atoms with Crippen LogP contribution in [-0.4, -0.2) is 27.2 Å². The highest BCUT2D eigenvalue weighted by molar-refractivity contribution is 7.14. The average Bonchev–Trinajstić information content (AvgIpc) is 3.47. The van der Waals surface area contributed by atoms with Gasteiger partial charge in [0.05, 0.1) is 22.2 Å². The Balaban J connectivity index is 1.50. The number of aromatic nitrogens is 2. The van der Waals surface area contributed by atoms with E-state index >= 15 is 0 Å². The highest BCUT2D eigenvalue weighted by Gasteiger charge is 2.22. The predicted octanol–water partition coefficient (Wildman–Crippen LogP) is 4.70. The molecule has 3 aromatic rings. The predicted molar refractivity (Wildman–Crippen MR) is 122 cm³/mol. The maximum atomic E-state index is 12.4. The summed E-state index contributed by atoms with van der Waals surface area (Å²) in [5, 5.41) is 16.4. The third-order valence-corrected chi connectivity index (χ3v) is 5.79. The average molecular weight is 452 g/mol. The van der Waals surface area contributed by atoms with Gasteiger partial charge in [0.25, 0.3) is 5.69 Å². The Bertz CT molecular complexity index is 1260. The van der Waals surface area contributed by atoms with Crippen molar-refractivity contribution in [1.29, 1.82) is 0 Å². The zero-order valence-electron chi connectivity index (χ0n) is 17.5. The van der Waals surface area contributed by atoms with Crippen molar-refractivity contribution < 1.29 is 19.2 Å². The second kappa shape index (κ2) is 8.67. The molecule has 1 N–H and O–H groups in total. The molecule has 0 atom stereocenters. The van der Waals surface area contributed by atoms with E-state index in [-0.39, 0.29) is 18.0 Å². The third-order valence-electron chi connectivity index (χ3n) is 5.03. The lowest BCUT2D eigenvalue weighted by Crippen LogP contribution is -2.07. The van der Waals surface area contributed by atoms with Crippen LogP contribution in [0, 0.1) is 24.0 Å². The first-order chi connectivity index (χ1) is 15.4. The van der Waals surface area contributed by atoms with E-state index in [1.807, 2.05) is 25.3 Å². The molecule has 1 aromatic carbocycles. The minimum absolute atomic E-state index is 0.00247. The fraction of sp³-hybridized carbons (Fsp3) is 0.182. The summed E-state index contributed by atoms with van der Waals surface area (Å²) in [4.78, 5) is 27.7. The van der Waals surface area contributed by atoms with Crippen LogP contribution in [0.5, 0.6) is 11.5 Å². The van der Waals surface area contributed by atoms with Crippen molar-refractivity contribution in [1.82, 2.24) is 9.55 Å². The van der Waals surface area contributed by atoms with Gasteiger partial charge in [-0.3, -0.25) is 20.2 Å². The molecule has 0 bridgehead atoms. The quantitative estimate of drug-likeness (QED) is 0.241. The van der Waals surface area contributed by atoms with Crippen LogP contribution in [0.1, 0.15) is 17.0 Å². The van der Waals surface area contributed by atoms with E-state index in [1.54, 1.807) is 0 Å². The fourth-order valence-electron chi connectivity index (χ4n) is 3.48. The Kier molecular flexibility index (Phi) is 5.78. The SMILES string of the molecule is C=CCn1c(C)cc(-c2csc(NC(=O)/C=C/c3cc4c(cc3[N+](=O)[O-])OCO4)n2)c1C. The summed E-state index contributed by atoms with van der Waals surface area (Å²) in [5.41, 5.74) is 4.00. The number of anilines is 1. The molecule has 32 heavy (non-hydrogen) atoms. The van der Waals surface area contributed by atoms with E-state index < -0.39 is 10.8 Å². The number of ether oxygens (including phenoxy) is 2. The van der Waals surface area contributed by atoms with Gasteiger partial charge >= 0.3 is 0 Å². The van der Waals surface area contributed by atoms with Crippen molar-refractivity contribution in [2.24, 2.45) is 0 Å². The number of aryl methyl sites for hydroxylation is 1. The monoisotopic (exact) mass is 452 g/mol. The number of nitrogens with zero attached hydrogens (tertiary/aromatic N) is 3. The topological polar surface area (TPSA) is 109 Å². The molecule has 4 rings (SSSR count). The molecule has 10 heteroatoms. The van der Waals surface area contributed by atoms with E-state index in [4.69, 9.17) is 9.47 Å². The van der Waals surface area contributed by atoms with Crippen LogP contribution in [0.15, 0.2) is 42.3 Å². The number of amides is 1. The van der Waals surface area contributed by atoms with Crippen molar-refractivity contribution in [3.8, 4) is 22.8 Å².